The van der Waals surface area contributed by atoms with Crippen LogP contribution in [0.3, 0.4) is 0 Å². The fraction of sp³-hybridized carbons (Fsp3) is 0. The Morgan fingerprint density at radius 1 is 0.426 bits per heavy atom. The number of furan rings is 1. The molecule has 2 aromatic heterocycles. The van der Waals surface area contributed by atoms with Gasteiger partial charge in [-0.05, 0) is 93.3 Å². The van der Waals surface area contributed by atoms with Crippen LogP contribution in [-0.2, 0) is 0 Å². The van der Waals surface area contributed by atoms with Gasteiger partial charge >= 0.3 is 0 Å². The van der Waals surface area contributed by atoms with Gasteiger partial charge in [0.15, 0.2) is 0 Å². The maximum absolute atomic E-state index is 6.62. The third kappa shape index (κ3) is 4.17. The Kier molecular flexibility index (Phi) is 5.78. The number of anilines is 3. The largest absolute Gasteiger partial charge is 0.456 e. The SMILES string of the molecule is c1ccc(N(c2cccc(-c3cccc4ccccc34)c2)c2ccc3c(c2)oc2ccc4c5cc6ccccc6cc5sc4c23)cc1. The minimum Gasteiger partial charge on any atom is -0.456 e. The molecule has 0 spiro atoms. The fourth-order valence-electron chi connectivity index (χ4n) is 7.22. The Hall–Kier alpha value is -5.90. The van der Waals surface area contributed by atoms with Crippen molar-refractivity contribution < 1.29 is 4.42 Å². The van der Waals surface area contributed by atoms with Crippen molar-refractivity contribution in [3.63, 3.8) is 0 Å². The van der Waals surface area contributed by atoms with E-state index < -0.39 is 0 Å². The van der Waals surface area contributed by atoms with Crippen molar-refractivity contribution in [3.8, 4) is 11.1 Å². The summed E-state index contributed by atoms with van der Waals surface area (Å²) < 4.78 is 9.20. The maximum Gasteiger partial charge on any atom is 0.137 e. The summed E-state index contributed by atoms with van der Waals surface area (Å²) >= 11 is 1.86. The molecule has 0 aliphatic heterocycles. The topological polar surface area (TPSA) is 16.4 Å². The van der Waals surface area contributed by atoms with E-state index in [-0.39, 0.29) is 0 Å². The van der Waals surface area contributed by atoms with E-state index in [9.17, 15) is 0 Å². The lowest BCUT2D eigenvalue weighted by molar-refractivity contribution is 0.669. The quantitative estimate of drug-likeness (QED) is 0.195. The van der Waals surface area contributed by atoms with Gasteiger partial charge in [-0.3, -0.25) is 0 Å². The molecule has 3 heteroatoms. The first-order valence-corrected chi connectivity index (χ1v) is 16.7. The van der Waals surface area contributed by atoms with Crippen molar-refractivity contribution in [2.45, 2.75) is 0 Å². The molecule has 0 aliphatic carbocycles. The maximum atomic E-state index is 6.62. The van der Waals surface area contributed by atoms with E-state index in [0.717, 1.165) is 33.6 Å². The summed E-state index contributed by atoms with van der Waals surface area (Å²) in [6.45, 7) is 0. The predicted octanol–water partition coefficient (Wildman–Crippen LogP) is 13.4. The van der Waals surface area contributed by atoms with Gasteiger partial charge < -0.3 is 9.32 Å². The van der Waals surface area contributed by atoms with Crippen LogP contribution in [0.1, 0.15) is 0 Å². The summed E-state index contributed by atoms with van der Waals surface area (Å²) in [4.78, 5) is 2.32. The molecule has 0 atom stereocenters. The van der Waals surface area contributed by atoms with E-state index >= 15 is 0 Å². The summed E-state index contributed by atoms with van der Waals surface area (Å²) in [6.07, 6.45) is 0. The highest BCUT2D eigenvalue weighted by molar-refractivity contribution is 7.26. The molecule has 0 N–H and O–H groups in total. The fourth-order valence-corrected chi connectivity index (χ4v) is 8.51. The van der Waals surface area contributed by atoms with Crippen molar-refractivity contribution in [2.24, 2.45) is 0 Å². The lowest BCUT2D eigenvalue weighted by Crippen LogP contribution is -2.09. The number of rotatable bonds is 4. The molecule has 10 rings (SSSR count). The van der Waals surface area contributed by atoms with E-state index in [1.165, 1.54) is 58.2 Å². The number of fused-ring (bicyclic) bond motifs is 9. The van der Waals surface area contributed by atoms with Gasteiger partial charge in [0.1, 0.15) is 11.2 Å². The molecule has 220 valence electrons. The van der Waals surface area contributed by atoms with Gasteiger partial charge in [-0.15, -0.1) is 11.3 Å². The average Bonchev–Trinajstić information content (AvgIpc) is 3.68. The van der Waals surface area contributed by atoms with Gasteiger partial charge in [0.2, 0.25) is 0 Å². The highest BCUT2D eigenvalue weighted by Crippen LogP contribution is 2.45. The van der Waals surface area contributed by atoms with Gasteiger partial charge in [0, 0.05) is 54.1 Å². The number of hydrogen-bond acceptors (Lipinski definition) is 3. The zero-order valence-corrected chi connectivity index (χ0v) is 26.2. The molecule has 10 aromatic rings. The van der Waals surface area contributed by atoms with E-state index in [1.54, 1.807) is 0 Å². The Balaban J connectivity index is 1.15. The zero-order chi connectivity index (χ0) is 30.9. The number of thiophene rings is 1. The van der Waals surface area contributed by atoms with Crippen LogP contribution in [0.4, 0.5) is 17.1 Å². The van der Waals surface area contributed by atoms with Crippen molar-refractivity contribution in [3.05, 3.63) is 164 Å². The smallest absolute Gasteiger partial charge is 0.137 e. The summed E-state index contributed by atoms with van der Waals surface area (Å²) in [5.74, 6) is 0. The molecular formula is C44H27NOS. The number of hydrogen-bond donors (Lipinski definition) is 0. The standard InChI is InChI=1S/C44H27NOS/c1-2-15-32(16-3-1)45(33-17-8-14-31(24-33)36-19-9-13-28-10-6-7-18-35(28)36)34-20-21-38-41(27-34)46-40-23-22-37-39-25-29-11-4-5-12-30(29)26-42(39)47-44(37)43(38)40/h1-27H. The normalized spacial score (nSPS) is 11.8. The van der Waals surface area contributed by atoms with Gasteiger partial charge in [0.05, 0.1) is 0 Å². The number of nitrogens with zero attached hydrogens (tertiary/aromatic N) is 1. The number of para-hydroxylation sites is 1. The molecule has 0 fully saturated rings. The zero-order valence-electron chi connectivity index (χ0n) is 25.4. The van der Waals surface area contributed by atoms with E-state index in [4.69, 9.17) is 4.42 Å². The molecule has 8 aromatic carbocycles. The first kappa shape index (κ1) is 26.3. The van der Waals surface area contributed by atoms with Crippen molar-refractivity contribution in [1.29, 1.82) is 0 Å². The molecule has 0 unspecified atom stereocenters. The Bertz CT molecular complexity index is 2800. The van der Waals surface area contributed by atoms with Gasteiger partial charge in [-0.2, -0.15) is 0 Å². The molecule has 0 saturated heterocycles. The molecule has 2 nitrogen and oxygen atoms in total. The van der Waals surface area contributed by atoms with Crippen LogP contribution in [0.25, 0.3) is 74.8 Å². The molecule has 2 heterocycles. The van der Waals surface area contributed by atoms with Crippen molar-refractivity contribution in [1.82, 2.24) is 0 Å². The summed E-state index contributed by atoms with van der Waals surface area (Å²) in [7, 11) is 0. The predicted molar refractivity (Wildman–Crippen MR) is 202 cm³/mol. The van der Waals surface area contributed by atoms with E-state index in [0.29, 0.717) is 0 Å². The van der Waals surface area contributed by atoms with Gasteiger partial charge in [0.25, 0.3) is 0 Å². The third-order valence-electron chi connectivity index (χ3n) is 9.40. The van der Waals surface area contributed by atoms with Gasteiger partial charge in [-0.25, -0.2) is 0 Å². The highest BCUT2D eigenvalue weighted by atomic mass is 32.1. The third-order valence-corrected chi connectivity index (χ3v) is 10.6. The Labute approximate surface area is 275 Å². The molecular weight excluding hydrogens is 591 g/mol. The molecule has 0 aliphatic rings. The summed E-state index contributed by atoms with van der Waals surface area (Å²) in [5.41, 5.74) is 7.46. The van der Waals surface area contributed by atoms with Crippen LogP contribution in [0, 0.1) is 0 Å². The van der Waals surface area contributed by atoms with Crippen LogP contribution in [0.2, 0.25) is 0 Å². The average molecular weight is 618 g/mol. The summed E-state index contributed by atoms with van der Waals surface area (Å²) in [6, 6.07) is 58.9. The first-order chi connectivity index (χ1) is 23.3. The molecule has 0 amide bonds. The summed E-state index contributed by atoms with van der Waals surface area (Å²) in [5, 5.41) is 9.96. The number of benzene rings is 8. The van der Waals surface area contributed by atoms with Crippen LogP contribution in [0.15, 0.2) is 168 Å². The molecule has 0 bridgehead atoms. The van der Waals surface area contributed by atoms with E-state index in [2.05, 4.69) is 169 Å². The molecule has 0 saturated carbocycles. The second-order valence-electron chi connectivity index (χ2n) is 12.1. The lowest BCUT2D eigenvalue weighted by Gasteiger charge is -2.26. The highest BCUT2D eigenvalue weighted by Gasteiger charge is 2.19. The van der Waals surface area contributed by atoms with Crippen LogP contribution >= 0.6 is 11.3 Å². The second kappa shape index (κ2) is 10.3. The Morgan fingerprint density at radius 3 is 2.02 bits per heavy atom. The minimum absolute atomic E-state index is 0.888. The van der Waals surface area contributed by atoms with Crippen molar-refractivity contribution in [2.75, 3.05) is 4.90 Å². The van der Waals surface area contributed by atoms with Crippen LogP contribution in [-0.4, -0.2) is 0 Å². The lowest BCUT2D eigenvalue weighted by atomic mass is 9.97. The minimum atomic E-state index is 0.888. The molecule has 0 radical (unpaired) electrons. The van der Waals surface area contributed by atoms with Gasteiger partial charge in [-0.1, -0.05) is 97.1 Å². The second-order valence-corrected chi connectivity index (χ2v) is 13.2. The Morgan fingerprint density at radius 2 is 1.13 bits per heavy atom. The van der Waals surface area contributed by atoms with Crippen LogP contribution < -0.4 is 4.90 Å². The first-order valence-electron chi connectivity index (χ1n) is 15.9. The van der Waals surface area contributed by atoms with Crippen LogP contribution in [0.5, 0.6) is 0 Å². The monoisotopic (exact) mass is 617 g/mol. The van der Waals surface area contributed by atoms with E-state index in [1.807, 2.05) is 11.3 Å². The van der Waals surface area contributed by atoms with Crippen molar-refractivity contribution >= 4 is 92.1 Å². The molecule has 47 heavy (non-hydrogen) atoms.